The van der Waals surface area contributed by atoms with Crippen molar-refractivity contribution in [1.82, 2.24) is 4.98 Å². The Labute approximate surface area is 85.9 Å². The summed E-state index contributed by atoms with van der Waals surface area (Å²) in [6.07, 6.45) is -0.225. The number of aromatic nitrogens is 1. The number of Topliss-reactive ketones (excluding diaryl/α,β-unsaturated/α-hetero) is 1. The van der Waals surface area contributed by atoms with Crippen molar-refractivity contribution in [3.8, 4) is 0 Å². The van der Waals surface area contributed by atoms with Gasteiger partial charge in [0, 0.05) is 5.38 Å². The van der Waals surface area contributed by atoms with Crippen molar-refractivity contribution >= 4 is 23.1 Å². The van der Waals surface area contributed by atoms with Crippen LogP contribution in [0.3, 0.4) is 0 Å². The Balaban J connectivity index is 2.55. The van der Waals surface area contributed by atoms with Crippen LogP contribution >= 0.6 is 11.3 Å². The van der Waals surface area contributed by atoms with E-state index in [0.717, 1.165) is 5.01 Å². The maximum Gasteiger partial charge on any atom is 0.313 e. The quantitative estimate of drug-likeness (QED) is 0.433. The van der Waals surface area contributed by atoms with Gasteiger partial charge in [-0.25, -0.2) is 4.98 Å². The van der Waals surface area contributed by atoms with Crippen LogP contribution in [0.4, 0.5) is 0 Å². The Bertz CT molecular complexity index is 346. The highest BCUT2D eigenvalue weighted by Crippen LogP contribution is 2.10. The molecule has 0 radical (unpaired) electrons. The summed E-state index contributed by atoms with van der Waals surface area (Å²) in [5, 5.41) is 2.47. The minimum Gasteiger partial charge on any atom is -0.466 e. The van der Waals surface area contributed by atoms with Gasteiger partial charge in [-0.3, -0.25) is 9.59 Å². The van der Waals surface area contributed by atoms with Crippen molar-refractivity contribution in [3.63, 3.8) is 0 Å². The molecule has 0 atom stereocenters. The molecular formula is C9H11NO3S. The van der Waals surface area contributed by atoms with Crippen LogP contribution < -0.4 is 0 Å². The lowest BCUT2D eigenvalue weighted by Crippen LogP contribution is -2.11. The van der Waals surface area contributed by atoms with Gasteiger partial charge in [0.05, 0.1) is 11.6 Å². The molecule has 0 N–H and O–H groups in total. The van der Waals surface area contributed by atoms with Gasteiger partial charge in [0.1, 0.15) is 12.1 Å². The van der Waals surface area contributed by atoms with E-state index in [1.165, 1.54) is 11.3 Å². The SMILES string of the molecule is CCOC(=O)CC(=O)c1csc(C)n1. The van der Waals surface area contributed by atoms with Crippen LogP contribution in [0.15, 0.2) is 5.38 Å². The highest BCUT2D eigenvalue weighted by Gasteiger charge is 2.14. The largest absolute Gasteiger partial charge is 0.466 e. The lowest BCUT2D eigenvalue weighted by molar-refractivity contribution is -0.141. The van der Waals surface area contributed by atoms with Gasteiger partial charge in [-0.15, -0.1) is 11.3 Å². The summed E-state index contributed by atoms with van der Waals surface area (Å²) < 4.78 is 4.66. The number of rotatable bonds is 4. The fourth-order valence-electron chi connectivity index (χ4n) is 0.925. The monoisotopic (exact) mass is 213 g/mol. The summed E-state index contributed by atoms with van der Waals surface area (Å²) in [7, 11) is 0. The first kappa shape index (κ1) is 10.8. The Morgan fingerprint density at radius 2 is 2.29 bits per heavy atom. The first-order valence-electron chi connectivity index (χ1n) is 4.24. The highest BCUT2D eigenvalue weighted by molar-refractivity contribution is 7.09. The Hall–Kier alpha value is -1.23. The zero-order valence-electron chi connectivity index (χ0n) is 8.07. The number of carbonyl (C=O) groups excluding carboxylic acids is 2. The maximum absolute atomic E-state index is 11.4. The molecule has 0 aliphatic heterocycles. The minimum atomic E-state index is -0.497. The fraction of sp³-hybridized carbons (Fsp3) is 0.444. The predicted octanol–water partition coefficient (Wildman–Crippen LogP) is 1.59. The molecule has 1 aromatic heterocycles. The molecule has 0 aliphatic carbocycles. The molecule has 4 nitrogen and oxygen atoms in total. The van der Waals surface area contributed by atoms with Crippen LogP contribution in [0.25, 0.3) is 0 Å². The second kappa shape index (κ2) is 4.85. The van der Waals surface area contributed by atoms with E-state index in [0.29, 0.717) is 12.3 Å². The molecule has 0 aliphatic rings. The molecule has 76 valence electrons. The van der Waals surface area contributed by atoms with Gasteiger partial charge in [-0.2, -0.15) is 0 Å². The first-order valence-corrected chi connectivity index (χ1v) is 5.12. The lowest BCUT2D eigenvalue weighted by Gasteiger charge is -1.98. The first-order chi connectivity index (χ1) is 6.63. The number of esters is 1. The van der Waals surface area contributed by atoms with Crippen molar-refractivity contribution in [2.24, 2.45) is 0 Å². The molecule has 0 bridgehead atoms. The molecule has 1 aromatic rings. The highest BCUT2D eigenvalue weighted by atomic mass is 32.1. The number of hydrogen-bond acceptors (Lipinski definition) is 5. The van der Waals surface area contributed by atoms with Gasteiger partial charge in [-0.05, 0) is 13.8 Å². The molecular weight excluding hydrogens is 202 g/mol. The normalized spacial score (nSPS) is 9.86. The second-order valence-corrected chi connectivity index (χ2v) is 3.72. The molecule has 5 heteroatoms. The number of thiazole rings is 1. The Morgan fingerprint density at radius 1 is 1.57 bits per heavy atom. The second-order valence-electron chi connectivity index (χ2n) is 2.66. The summed E-state index contributed by atoms with van der Waals surface area (Å²) in [5.41, 5.74) is 0.348. The molecule has 0 unspecified atom stereocenters. The van der Waals surface area contributed by atoms with Crippen molar-refractivity contribution in [2.75, 3.05) is 6.61 Å². The summed E-state index contributed by atoms with van der Waals surface area (Å²) in [6, 6.07) is 0. The van der Waals surface area contributed by atoms with Crippen molar-refractivity contribution in [1.29, 1.82) is 0 Å². The van der Waals surface area contributed by atoms with Crippen molar-refractivity contribution in [3.05, 3.63) is 16.1 Å². The predicted molar refractivity (Wildman–Crippen MR) is 52.4 cm³/mol. The zero-order chi connectivity index (χ0) is 10.6. The summed E-state index contributed by atoms with van der Waals surface area (Å²) in [6.45, 7) is 3.81. The van der Waals surface area contributed by atoms with E-state index in [1.807, 2.05) is 6.92 Å². The van der Waals surface area contributed by atoms with Crippen LogP contribution in [0.1, 0.15) is 28.8 Å². The Morgan fingerprint density at radius 3 is 2.79 bits per heavy atom. The summed E-state index contributed by atoms with van der Waals surface area (Å²) in [4.78, 5) is 26.3. The molecule has 0 saturated carbocycles. The average Bonchev–Trinajstić information content (AvgIpc) is 2.52. The third-order valence-corrected chi connectivity index (χ3v) is 2.29. The number of hydrogen-bond donors (Lipinski definition) is 0. The number of carbonyl (C=O) groups is 2. The van der Waals surface area contributed by atoms with Crippen LogP contribution in [0, 0.1) is 6.92 Å². The third-order valence-electron chi connectivity index (χ3n) is 1.51. The molecule has 1 heterocycles. The molecule has 0 spiro atoms. The van der Waals surface area contributed by atoms with Crippen molar-refractivity contribution in [2.45, 2.75) is 20.3 Å². The van der Waals surface area contributed by atoms with Gasteiger partial charge in [0.2, 0.25) is 0 Å². The van der Waals surface area contributed by atoms with Crippen molar-refractivity contribution < 1.29 is 14.3 Å². The molecule has 0 amide bonds. The van der Waals surface area contributed by atoms with E-state index in [4.69, 9.17) is 0 Å². The van der Waals surface area contributed by atoms with Gasteiger partial charge in [0.15, 0.2) is 5.78 Å². The molecule has 1 rings (SSSR count). The van der Waals surface area contributed by atoms with Crippen LogP contribution in [0.5, 0.6) is 0 Å². The molecule has 0 saturated heterocycles. The molecule has 0 fully saturated rings. The summed E-state index contributed by atoms with van der Waals surface area (Å²) >= 11 is 1.39. The van der Waals surface area contributed by atoms with Crippen LogP contribution in [0.2, 0.25) is 0 Å². The average molecular weight is 213 g/mol. The maximum atomic E-state index is 11.4. The molecule has 0 aromatic carbocycles. The van der Waals surface area contributed by atoms with Crippen LogP contribution in [-0.2, 0) is 9.53 Å². The number of aryl methyl sites for hydroxylation is 1. The standard InChI is InChI=1S/C9H11NO3S/c1-3-13-9(12)4-8(11)7-5-14-6(2)10-7/h5H,3-4H2,1-2H3. The van der Waals surface area contributed by atoms with E-state index >= 15 is 0 Å². The smallest absolute Gasteiger partial charge is 0.313 e. The summed E-state index contributed by atoms with van der Waals surface area (Å²) in [5.74, 6) is -0.782. The Kier molecular flexibility index (Phi) is 3.76. The zero-order valence-corrected chi connectivity index (χ0v) is 8.89. The number of nitrogens with zero attached hydrogens (tertiary/aromatic N) is 1. The topological polar surface area (TPSA) is 56.3 Å². The third kappa shape index (κ3) is 2.92. The van der Waals surface area contributed by atoms with E-state index in [2.05, 4.69) is 9.72 Å². The van der Waals surface area contributed by atoms with Gasteiger partial charge in [-0.1, -0.05) is 0 Å². The number of ether oxygens (including phenoxy) is 1. The van der Waals surface area contributed by atoms with E-state index in [9.17, 15) is 9.59 Å². The van der Waals surface area contributed by atoms with Crippen LogP contribution in [-0.4, -0.2) is 23.3 Å². The molecule has 14 heavy (non-hydrogen) atoms. The van der Waals surface area contributed by atoms with E-state index in [1.54, 1.807) is 12.3 Å². The lowest BCUT2D eigenvalue weighted by atomic mass is 10.2. The number of ketones is 1. The van der Waals surface area contributed by atoms with E-state index < -0.39 is 5.97 Å². The minimum absolute atomic E-state index is 0.225. The van der Waals surface area contributed by atoms with E-state index in [-0.39, 0.29) is 12.2 Å². The van der Waals surface area contributed by atoms with Gasteiger partial charge < -0.3 is 4.74 Å². The van der Waals surface area contributed by atoms with Gasteiger partial charge in [0.25, 0.3) is 0 Å². The fourth-order valence-corrected chi connectivity index (χ4v) is 1.54. The van der Waals surface area contributed by atoms with Gasteiger partial charge >= 0.3 is 5.97 Å².